The molecule has 13 heteroatoms. The minimum absolute atomic E-state index is 0.00105. The third-order valence-electron chi connectivity index (χ3n) is 7.28. The molecule has 2 aliphatic rings. The molecule has 2 aromatic rings. The number of halogens is 2. The normalized spacial score (nSPS) is 22.4. The maximum Gasteiger partial charge on any atom is 0.330 e. The van der Waals surface area contributed by atoms with Crippen LogP contribution in [0.2, 0.25) is 0 Å². The minimum atomic E-state index is -1.55. The standard InChI is InChI=1S/C24H28F2N4O6S/c1-5-24(21(31)32)8-6-14(7-9-24)30-20-13(11-27-22(28-20)37(4)34)12-29(23(30)33)19-17(25)15(35-2)10-16(36-3)18(19)26/h10-11,14H,5-9,12H2,1-4H3,(H,31,32)/p-1. The van der Waals surface area contributed by atoms with E-state index in [9.17, 15) is 18.9 Å². The molecule has 1 saturated carbocycles. The molecule has 1 aliphatic heterocycles. The Kier molecular flexibility index (Phi) is 7.36. The number of urea groups is 1. The highest BCUT2D eigenvalue weighted by molar-refractivity contribution is 7.84. The van der Waals surface area contributed by atoms with E-state index in [1.54, 1.807) is 6.92 Å². The van der Waals surface area contributed by atoms with Crippen LogP contribution in [-0.4, -0.2) is 52.7 Å². The molecule has 2 amide bonds. The van der Waals surface area contributed by atoms with Gasteiger partial charge in [0.25, 0.3) is 0 Å². The van der Waals surface area contributed by atoms with Gasteiger partial charge in [-0.2, -0.15) is 0 Å². The zero-order valence-corrected chi connectivity index (χ0v) is 21.7. The summed E-state index contributed by atoms with van der Waals surface area (Å²) < 4.78 is 52.9. The lowest BCUT2D eigenvalue weighted by Gasteiger charge is -2.46. The molecule has 1 unspecified atom stereocenters. The van der Waals surface area contributed by atoms with E-state index in [0.717, 1.165) is 11.0 Å². The quantitative estimate of drug-likeness (QED) is 0.494. The van der Waals surface area contributed by atoms with Crippen LogP contribution in [0, 0.1) is 17.0 Å². The summed E-state index contributed by atoms with van der Waals surface area (Å²) in [6.07, 6.45) is 4.24. The number of carbonyl (C=O) groups excluding carboxylic acids is 2. The van der Waals surface area contributed by atoms with Gasteiger partial charge in [0.15, 0.2) is 23.1 Å². The molecule has 0 spiro atoms. The van der Waals surface area contributed by atoms with Crippen molar-refractivity contribution >= 4 is 34.3 Å². The fourth-order valence-corrected chi connectivity index (χ4v) is 5.44. The van der Waals surface area contributed by atoms with Crippen molar-refractivity contribution in [2.75, 3.05) is 30.3 Å². The van der Waals surface area contributed by atoms with Crippen LogP contribution < -0.4 is 24.4 Å². The van der Waals surface area contributed by atoms with Gasteiger partial charge in [-0.25, -0.2) is 23.5 Å². The molecule has 200 valence electrons. The second-order valence-corrected chi connectivity index (χ2v) is 10.4. The largest absolute Gasteiger partial charge is 0.550 e. The van der Waals surface area contributed by atoms with E-state index >= 15 is 8.78 Å². The van der Waals surface area contributed by atoms with Gasteiger partial charge in [0.1, 0.15) is 11.5 Å². The third kappa shape index (κ3) is 4.49. The number of amides is 2. The van der Waals surface area contributed by atoms with Crippen LogP contribution in [0.3, 0.4) is 0 Å². The average molecular weight is 538 g/mol. The molecule has 2 heterocycles. The lowest BCUT2D eigenvalue weighted by atomic mass is 9.70. The van der Waals surface area contributed by atoms with Crippen molar-refractivity contribution < 1.29 is 37.2 Å². The summed E-state index contributed by atoms with van der Waals surface area (Å²) in [5.74, 6) is -3.76. The maximum atomic E-state index is 15.4. The number of hydrogen-bond acceptors (Lipinski definition) is 8. The molecular formula is C24H27F2N4O6S-. The van der Waals surface area contributed by atoms with Crippen LogP contribution in [0.15, 0.2) is 17.4 Å². The van der Waals surface area contributed by atoms with Crippen LogP contribution in [0.5, 0.6) is 11.5 Å². The van der Waals surface area contributed by atoms with Crippen LogP contribution in [0.4, 0.5) is 25.1 Å². The highest BCUT2D eigenvalue weighted by Crippen LogP contribution is 2.45. The summed E-state index contributed by atoms with van der Waals surface area (Å²) in [6.45, 7) is 1.51. The number of aliphatic carboxylic acids is 1. The number of fused-ring (bicyclic) bond motifs is 1. The molecule has 0 radical (unpaired) electrons. The number of carboxylic acids is 1. The number of carbonyl (C=O) groups is 2. The van der Waals surface area contributed by atoms with Gasteiger partial charge in [0.2, 0.25) is 5.16 Å². The zero-order chi connectivity index (χ0) is 27.1. The molecule has 37 heavy (non-hydrogen) atoms. The van der Waals surface area contributed by atoms with Gasteiger partial charge >= 0.3 is 6.03 Å². The SMILES string of the molecule is CCC1(C(=O)[O-])CCC(N2C(=O)N(c3c(F)c(OC)cc(OC)c3F)Cc3cnc(S(C)=O)nc32)CC1. The van der Waals surface area contributed by atoms with Crippen LogP contribution in [0.1, 0.15) is 44.6 Å². The van der Waals surface area contributed by atoms with E-state index < -0.39 is 51.6 Å². The summed E-state index contributed by atoms with van der Waals surface area (Å²) in [6, 6.07) is -0.250. The Bertz CT molecular complexity index is 1240. The predicted molar refractivity (Wildman–Crippen MR) is 128 cm³/mol. The molecule has 1 fully saturated rings. The second-order valence-electron chi connectivity index (χ2n) is 9.10. The van der Waals surface area contributed by atoms with Crippen molar-refractivity contribution in [3.05, 3.63) is 29.5 Å². The first kappa shape index (κ1) is 26.7. The van der Waals surface area contributed by atoms with Gasteiger partial charge in [-0.05, 0) is 32.1 Å². The lowest BCUT2D eigenvalue weighted by molar-refractivity contribution is -0.321. The topological polar surface area (TPSA) is 125 Å². The molecule has 0 saturated heterocycles. The van der Waals surface area contributed by atoms with Gasteiger partial charge in [-0.3, -0.25) is 14.0 Å². The van der Waals surface area contributed by atoms with Crippen LogP contribution in [-0.2, 0) is 22.1 Å². The lowest BCUT2D eigenvalue weighted by Crippen LogP contribution is -2.55. The Hall–Kier alpha value is -3.35. The third-order valence-corrected chi connectivity index (χ3v) is 7.99. The van der Waals surface area contributed by atoms with E-state index in [1.165, 1.54) is 31.6 Å². The first-order valence-electron chi connectivity index (χ1n) is 11.7. The van der Waals surface area contributed by atoms with Crippen LogP contribution >= 0.6 is 0 Å². The van der Waals surface area contributed by atoms with Gasteiger partial charge < -0.3 is 19.4 Å². The summed E-state index contributed by atoms with van der Waals surface area (Å²) >= 11 is 0. The van der Waals surface area contributed by atoms with E-state index in [-0.39, 0.29) is 41.9 Å². The van der Waals surface area contributed by atoms with Crippen molar-refractivity contribution in [2.24, 2.45) is 5.41 Å². The number of aromatic nitrogens is 2. The number of rotatable bonds is 7. The summed E-state index contributed by atoms with van der Waals surface area (Å²) in [5, 5.41) is 11.8. The summed E-state index contributed by atoms with van der Waals surface area (Å²) in [7, 11) is 0.862. The van der Waals surface area contributed by atoms with E-state index in [2.05, 4.69) is 9.97 Å². The Morgan fingerprint density at radius 2 is 1.81 bits per heavy atom. The molecule has 1 aromatic carbocycles. The molecule has 10 nitrogen and oxygen atoms in total. The number of nitrogens with zero attached hydrogens (tertiary/aromatic N) is 4. The molecule has 0 bridgehead atoms. The van der Waals surface area contributed by atoms with E-state index in [0.29, 0.717) is 24.8 Å². The number of carboxylic acid groups (broad SMARTS) is 1. The number of benzene rings is 1. The summed E-state index contributed by atoms with van der Waals surface area (Å²) in [5.41, 5.74) is -1.30. The zero-order valence-electron chi connectivity index (χ0n) is 20.9. The van der Waals surface area contributed by atoms with Gasteiger partial charge in [0.05, 0.1) is 31.6 Å². The Balaban J connectivity index is 1.83. The Labute approximate surface area is 215 Å². The molecule has 1 aliphatic carbocycles. The predicted octanol–water partition coefficient (Wildman–Crippen LogP) is 2.54. The van der Waals surface area contributed by atoms with Gasteiger partial charge in [0, 0.05) is 41.5 Å². The molecule has 1 atom stereocenters. The monoisotopic (exact) mass is 537 g/mol. The second kappa shape index (κ2) is 10.2. The van der Waals surface area contributed by atoms with Crippen molar-refractivity contribution in [3.8, 4) is 11.5 Å². The van der Waals surface area contributed by atoms with E-state index in [1.807, 2.05) is 0 Å². The van der Waals surface area contributed by atoms with Gasteiger partial charge in [-0.1, -0.05) is 6.92 Å². The fourth-order valence-electron chi connectivity index (χ4n) is 5.03. The number of anilines is 2. The van der Waals surface area contributed by atoms with Crippen molar-refractivity contribution in [2.45, 2.75) is 56.8 Å². The molecule has 0 N–H and O–H groups in total. The average Bonchev–Trinajstić information content (AvgIpc) is 2.89. The van der Waals surface area contributed by atoms with Crippen molar-refractivity contribution in [1.29, 1.82) is 0 Å². The smallest absolute Gasteiger partial charge is 0.330 e. The van der Waals surface area contributed by atoms with E-state index in [4.69, 9.17) is 9.47 Å². The fraction of sp³-hybridized carbons (Fsp3) is 0.500. The first-order valence-corrected chi connectivity index (χ1v) is 13.3. The molecule has 4 rings (SSSR count). The number of methoxy groups -OCH3 is 2. The highest BCUT2D eigenvalue weighted by Gasteiger charge is 2.44. The maximum absolute atomic E-state index is 15.4. The number of ether oxygens (including phenoxy) is 2. The van der Waals surface area contributed by atoms with Crippen molar-refractivity contribution in [1.82, 2.24) is 9.97 Å². The summed E-state index contributed by atoms with van der Waals surface area (Å²) in [4.78, 5) is 36.4. The molecular weight excluding hydrogens is 510 g/mol. The highest BCUT2D eigenvalue weighted by atomic mass is 32.2. The Morgan fingerprint density at radius 3 is 2.30 bits per heavy atom. The minimum Gasteiger partial charge on any atom is -0.550 e. The first-order chi connectivity index (χ1) is 17.6. The molecule has 1 aromatic heterocycles. The Morgan fingerprint density at radius 1 is 1.22 bits per heavy atom. The van der Waals surface area contributed by atoms with Gasteiger partial charge in [-0.15, -0.1) is 0 Å². The van der Waals surface area contributed by atoms with Crippen molar-refractivity contribution in [3.63, 3.8) is 0 Å². The number of hydrogen-bond donors (Lipinski definition) is 0. The van der Waals surface area contributed by atoms with Crippen LogP contribution in [0.25, 0.3) is 0 Å².